The van der Waals surface area contributed by atoms with Gasteiger partial charge in [0.15, 0.2) is 0 Å². The molecule has 0 aliphatic carbocycles. The second-order valence-corrected chi connectivity index (χ2v) is 7.41. The minimum atomic E-state index is -0.327. The van der Waals surface area contributed by atoms with Gasteiger partial charge in [0, 0.05) is 21.2 Å². The van der Waals surface area contributed by atoms with Crippen LogP contribution < -0.4 is 10.6 Å². The van der Waals surface area contributed by atoms with E-state index >= 15 is 0 Å². The van der Waals surface area contributed by atoms with E-state index in [-0.39, 0.29) is 12.6 Å². The van der Waals surface area contributed by atoms with Gasteiger partial charge >= 0.3 is 0 Å². The van der Waals surface area contributed by atoms with Crippen LogP contribution in [-0.4, -0.2) is 29.9 Å². The van der Waals surface area contributed by atoms with Crippen LogP contribution in [0.15, 0.2) is 57.4 Å². The molecule has 0 bridgehead atoms. The van der Waals surface area contributed by atoms with E-state index in [9.17, 15) is 9.60 Å². The topological polar surface area (TPSA) is 56.7 Å². The van der Waals surface area contributed by atoms with Gasteiger partial charge < -0.3 is 15.8 Å². The van der Waals surface area contributed by atoms with Crippen molar-refractivity contribution < 1.29 is 9.60 Å². The van der Waals surface area contributed by atoms with E-state index in [4.69, 9.17) is 11.6 Å². The molecule has 0 spiro atoms. The summed E-state index contributed by atoms with van der Waals surface area (Å²) >= 11 is 9.40. The molecule has 0 radical (unpaired) electrons. The minimum absolute atomic E-state index is 0.157. The Hall–Kier alpha value is -1.57. The number of rotatable bonds is 7. The van der Waals surface area contributed by atoms with E-state index in [0.29, 0.717) is 22.9 Å². The van der Waals surface area contributed by atoms with E-state index < -0.39 is 0 Å². The van der Waals surface area contributed by atoms with Gasteiger partial charge in [0.05, 0.1) is 17.4 Å². The number of nitrogens with one attached hydrogen (secondary N) is 2. The third kappa shape index (κ3) is 6.34. The summed E-state index contributed by atoms with van der Waals surface area (Å²) in [5.41, 5.74) is 1.38. The number of benzene rings is 2. The third-order valence-corrected chi connectivity index (χ3v) is 5.34. The van der Waals surface area contributed by atoms with Gasteiger partial charge in [0.25, 0.3) is 0 Å². The predicted octanol–water partition coefficient (Wildman–Crippen LogP) is 5.78. The van der Waals surface area contributed by atoms with Gasteiger partial charge in [-0.25, -0.2) is 0 Å². The molecular formula is C17H19ClFN3OS2. The SMILES string of the molecule is CSc1ccc(N/C(=N\O)Nc2cc(SCCCF)ccc2Cl)cc1. The van der Waals surface area contributed by atoms with Crippen molar-refractivity contribution in [1.82, 2.24) is 0 Å². The number of oxime groups is 1. The molecule has 2 rings (SSSR count). The smallest absolute Gasteiger partial charge is 0.242 e. The Morgan fingerprint density at radius 1 is 1.16 bits per heavy atom. The quantitative estimate of drug-likeness (QED) is 0.137. The number of hydrogen-bond donors (Lipinski definition) is 3. The molecule has 134 valence electrons. The Morgan fingerprint density at radius 3 is 2.52 bits per heavy atom. The summed E-state index contributed by atoms with van der Waals surface area (Å²) in [6.07, 6.45) is 2.51. The Morgan fingerprint density at radius 2 is 1.88 bits per heavy atom. The lowest BCUT2D eigenvalue weighted by Crippen LogP contribution is -2.22. The summed E-state index contributed by atoms with van der Waals surface area (Å²) in [6, 6.07) is 13.2. The molecule has 0 fully saturated rings. The van der Waals surface area contributed by atoms with Crippen molar-refractivity contribution in [3.8, 4) is 0 Å². The van der Waals surface area contributed by atoms with Gasteiger partial charge in [-0.15, -0.1) is 23.5 Å². The fourth-order valence-electron chi connectivity index (χ4n) is 1.95. The van der Waals surface area contributed by atoms with Gasteiger partial charge in [0.1, 0.15) is 0 Å². The molecule has 0 aromatic heterocycles. The highest BCUT2D eigenvalue weighted by Gasteiger charge is 2.07. The number of thioether (sulfide) groups is 2. The van der Waals surface area contributed by atoms with Gasteiger partial charge in [-0.3, -0.25) is 4.39 Å². The van der Waals surface area contributed by atoms with Crippen LogP contribution in [0, 0.1) is 0 Å². The van der Waals surface area contributed by atoms with Crippen molar-refractivity contribution in [3.63, 3.8) is 0 Å². The minimum Gasteiger partial charge on any atom is -0.408 e. The number of hydrogen-bond acceptors (Lipinski definition) is 4. The lowest BCUT2D eigenvalue weighted by Gasteiger charge is -2.13. The maximum atomic E-state index is 12.2. The number of guanidine groups is 1. The first-order valence-corrected chi connectivity index (χ1v) is 10.1. The average molecular weight is 400 g/mol. The van der Waals surface area contributed by atoms with Crippen LogP contribution in [0.25, 0.3) is 0 Å². The molecule has 0 amide bonds. The molecule has 0 aliphatic heterocycles. The maximum absolute atomic E-state index is 12.2. The monoisotopic (exact) mass is 399 g/mol. The fourth-order valence-corrected chi connectivity index (χ4v) is 3.38. The summed E-state index contributed by atoms with van der Waals surface area (Å²) in [5, 5.41) is 19.0. The highest BCUT2D eigenvalue weighted by Crippen LogP contribution is 2.29. The summed E-state index contributed by atoms with van der Waals surface area (Å²) < 4.78 is 12.2. The highest BCUT2D eigenvalue weighted by atomic mass is 35.5. The van der Waals surface area contributed by atoms with E-state index in [2.05, 4.69) is 15.8 Å². The average Bonchev–Trinajstić information content (AvgIpc) is 2.64. The lowest BCUT2D eigenvalue weighted by atomic mass is 10.3. The zero-order chi connectivity index (χ0) is 18.1. The molecule has 0 unspecified atom stereocenters. The van der Waals surface area contributed by atoms with Crippen molar-refractivity contribution in [2.45, 2.75) is 16.2 Å². The number of anilines is 2. The number of alkyl halides is 1. The summed E-state index contributed by atoms with van der Waals surface area (Å²) in [4.78, 5) is 2.10. The normalized spacial score (nSPS) is 11.4. The zero-order valence-corrected chi connectivity index (χ0v) is 16.0. The molecule has 2 aromatic rings. The van der Waals surface area contributed by atoms with Crippen molar-refractivity contribution in [3.05, 3.63) is 47.5 Å². The molecule has 4 nitrogen and oxygen atoms in total. The lowest BCUT2D eigenvalue weighted by molar-refractivity contribution is 0.319. The van der Waals surface area contributed by atoms with Crippen molar-refractivity contribution in [2.24, 2.45) is 5.16 Å². The molecule has 25 heavy (non-hydrogen) atoms. The Labute approximate surface area is 160 Å². The third-order valence-electron chi connectivity index (χ3n) is 3.19. The second-order valence-electron chi connectivity index (χ2n) is 4.96. The van der Waals surface area contributed by atoms with Crippen LogP contribution in [0.4, 0.5) is 15.8 Å². The Balaban J connectivity index is 2.05. The first-order chi connectivity index (χ1) is 12.2. The molecule has 2 aromatic carbocycles. The summed E-state index contributed by atoms with van der Waals surface area (Å²) in [5.74, 6) is 0.850. The predicted molar refractivity (Wildman–Crippen MR) is 107 cm³/mol. The first kappa shape index (κ1) is 19.8. The standard InChI is InChI=1S/C17H19ClFN3OS2/c1-24-13-5-3-12(4-6-13)20-17(22-23)21-16-11-14(7-8-15(16)18)25-10-2-9-19/h3-8,11,23H,2,9-10H2,1H3,(H2,20,21,22). The molecule has 8 heteroatoms. The molecule has 0 saturated carbocycles. The van der Waals surface area contributed by atoms with Crippen molar-refractivity contribution in [2.75, 3.05) is 29.3 Å². The Bertz CT molecular complexity index is 714. The summed E-state index contributed by atoms with van der Waals surface area (Å²) in [7, 11) is 0. The fraction of sp³-hybridized carbons (Fsp3) is 0.235. The van der Waals surface area contributed by atoms with E-state index in [1.165, 1.54) is 0 Å². The molecule has 0 aliphatic rings. The first-order valence-electron chi connectivity index (χ1n) is 7.54. The molecular weight excluding hydrogens is 381 g/mol. The van der Waals surface area contributed by atoms with Crippen molar-refractivity contribution >= 4 is 52.5 Å². The van der Waals surface area contributed by atoms with Gasteiger partial charge in [0.2, 0.25) is 5.96 Å². The second kappa shape index (κ2) is 10.4. The van der Waals surface area contributed by atoms with Crippen LogP contribution in [0.3, 0.4) is 0 Å². The van der Waals surface area contributed by atoms with E-state index in [1.807, 2.05) is 42.7 Å². The van der Waals surface area contributed by atoms with E-state index in [1.54, 1.807) is 29.6 Å². The van der Waals surface area contributed by atoms with Gasteiger partial charge in [-0.1, -0.05) is 16.8 Å². The maximum Gasteiger partial charge on any atom is 0.242 e. The number of halogens is 2. The molecule has 3 N–H and O–H groups in total. The highest BCUT2D eigenvalue weighted by molar-refractivity contribution is 7.99. The van der Waals surface area contributed by atoms with Gasteiger partial charge in [-0.05, 0) is 55.1 Å². The zero-order valence-electron chi connectivity index (χ0n) is 13.6. The van der Waals surface area contributed by atoms with Crippen molar-refractivity contribution in [1.29, 1.82) is 0 Å². The van der Waals surface area contributed by atoms with Crippen LogP contribution in [0.5, 0.6) is 0 Å². The summed E-state index contributed by atoms with van der Waals surface area (Å²) in [6.45, 7) is -0.327. The van der Waals surface area contributed by atoms with Crippen LogP contribution in [-0.2, 0) is 0 Å². The molecule has 0 saturated heterocycles. The van der Waals surface area contributed by atoms with Crippen LogP contribution in [0.2, 0.25) is 5.02 Å². The van der Waals surface area contributed by atoms with Crippen LogP contribution in [0.1, 0.15) is 6.42 Å². The number of nitrogens with zero attached hydrogens (tertiary/aromatic N) is 1. The van der Waals surface area contributed by atoms with E-state index in [0.717, 1.165) is 15.5 Å². The Kier molecular flexibility index (Phi) is 8.24. The molecule has 0 atom stereocenters. The van der Waals surface area contributed by atoms with Gasteiger partial charge in [-0.2, -0.15) is 0 Å². The molecule has 0 heterocycles. The van der Waals surface area contributed by atoms with Crippen LogP contribution >= 0.6 is 35.1 Å². The largest absolute Gasteiger partial charge is 0.408 e.